The highest BCUT2D eigenvalue weighted by atomic mass is 32.1. The minimum absolute atomic E-state index is 0.303. The van der Waals surface area contributed by atoms with Gasteiger partial charge in [-0.2, -0.15) is 0 Å². The molecule has 3 heterocycles. The maximum atomic E-state index is 10.3. The zero-order chi connectivity index (χ0) is 15.8. The van der Waals surface area contributed by atoms with Gasteiger partial charge >= 0.3 is 0 Å². The Kier molecular flexibility index (Phi) is 3.75. The molecule has 0 spiro atoms. The van der Waals surface area contributed by atoms with Crippen LogP contribution in [0.1, 0.15) is 13.3 Å². The second-order valence-electron chi connectivity index (χ2n) is 6.14. The molecule has 23 heavy (non-hydrogen) atoms. The molecule has 2 aromatic heterocycles. The van der Waals surface area contributed by atoms with Crippen molar-refractivity contribution >= 4 is 28.1 Å². The molecule has 4 nitrogen and oxygen atoms in total. The van der Waals surface area contributed by atoms with E-state index in [1.54, 1.807) is 11.3 Å². The molecule has 0 bridgehead atoms. The molecule has 118 valence electrons. The zero-order valence-corrected chi connectivity index (χ0v) is 13.8. The topological polar surface area (TPSA) is 49.2 Å². The largest absolute Gasteiger partial charge is 0.391 e. The van der Waals surface area contributed by atoms with E-state index in [0.29, 0.717) is 12.5 Å². The number of fused-ring (bicyclic) bond motifs is 1. The predicted octanol–water partition coefficient (Wildman–Crippen LogP) is 3.57. The molecule has 0 aliphatic carbocycles. The summed E-state index contributed by atoms with van der Waals surface area (Å²) in [7, 11) is 0. The summed E-state index contributed by atoms with van der Waals surface area (Å²) in [6.07, 6.45) is 0.677. The lowest BCUT2D eigenvalue weighted by atomic mass is 9.96. The summed E-state index contributed by atoms with van der Waals surface area (Å²) in [4.78, 5) is 12.8. The minimum atomic E-state index is -0.303. The molecule has 3 aromatic rings. The van der Waals surface area contributed by atoms with Gasteiger partial charge in [0.05, 0.1) is 16.5 Å². The van der Waals surface area contributed by atoms with Crippen molar-refractivity contribution in [3.05, 3.63) is 41.8 Å². The number of nitrogens with zero attached hydrogens (tertiary/aromatic N) is 3. The Morgan fingerprint density at radius 1 is 1.17 bits per heavy atom. The van der Waals surface area contributed by atoms with Gasteiger partial charge in [0.2, 0.25) is 0 Å². The van der Waals surface area contributed by atoms with Crippen LogP contribution < -0.4 is 4.90 Å². The van der Waals surface area contributed by atoms with Crippen molar-refractivity contribution in [1.82, 2.24) is 9.97 Å². The Morgan fingerprint density at radius 3 is 2.83 bits per heavy atom. The Morgan fingerprint density at radius 2 is 2.04 bits per heavy atom. The highest BCUT2D eigenvalue weighted by Gasteiger charge is 2.26. The van der Waals surface area contributed by atoms with Crippen LogP contribution in [-0.4, -0.2) is 34.3 Å². The van der Waals surface area contributed by atoms with E-state index in [9.17, 15) is 5.11 Å². The van der Waals surface area contributed by atoms with Gasteiger partial charge in [0.15, 0.2) is 5.82 Å². The molecular formula is C18H19N3OS. The number of rotatable bonds is 2. The van der Waals surface area contributed by atoms with E-state index < -0.39 is 0 Å². The average molecular weight is 325 g/mol. The Bertz CT molecular complexity index is 818. The number of hydrogen-bond donors (Lipinski definition) is 1. The van der Waals surface area contributed by atoms with Gasteiger partial charge in [-0.15, -0.1) is 11.3 Å². The first-order valence-electron chi connectivity index (χ1n) is 7.96. The molecule has 0 amide bonds. The first-order valence-corrected chi connectivity index (χ1v) is 8.84. The number of hydrogen-bond acceptors (Lipinski definition) is 5. The fourth-order valence-corrected chi connectivity index (χ4v) is 3.72. The van der Waals surface area contributed by atoms with Crippen LogP contribution in [0.25, 0.3) is 21.6 Å². The number of β-amino-alcohol motifs (C(OH)–C–C–N with tert-alkyl or cyclic N) is 1. The summed E-state index contributed by atoms with van der Waals surface area (Å²) >= 11 is 1.65. The van der Waals surface area contributed by atoms with Gasteiger partial charge in [-0.1, -0.05) is 25.1 Å². The lowest BCUT2D eigenvalue weighted by Gasteiger charge is -2.35. The summed E-state index contributed by atoms with van der Waals surface area (Å²) in [5.41, 5.74) is 0.953. The van der Waals surface area contributed by atoms with Crippen molar-refractivity contribution in [3.8, 4) is 10.7 Å². The third-order valence-electron chi connectivity index (χ3n) is 4.54. The summed E-state index contributed by atoms with van der Waals surface area (Å²) in [6, 6.07) is 12.2. The normalized spacial score (nSPS) is 21.7. The molecule has 2 atom stereocenters. The molecule has 2 unspecified atom stereocenters. The zero-order valence-electron chi connectivity index (χ0n) is 13.0. The van der Waals surface area contributed by atoms with Crippen molar-refractivity contribution in [2.45, 2.75) is 19.4 Å². The van der Waals surface area contributed by atoms with Crippen molar-refractivity contribution < 1.29 is 5.11 Å². The van der Waals surface area contributed by atoms with Crippen LogP contribution >= 0.6 is 11.3 Å². The maximum absolute atomic E-state index is 10.3. The second-order valence-corrected chi connectivity index (χ2v) is 7.09. The van der Waals surface area contributed by atoms with Crippen molar-refractivity contribution in [2.24, 2.45) is 5.92 Å². The highest BCUT2D eigenvalue weighted by molar-refractivity contribution is 7.13. The van der Waals surface area contributed by atoms with Crippen LogP contribution in [0.15, 0.2) is 41.8 Å². The van der Waals surface area contributed by atoms with Crippen LogP contribution in [0, 0.1) is 5.92 Å². The Hall–Kier alpha value is -1.98. The van der Waals surface area contributed by atoms with Crippen molar-refractivity contribution in [3.63, 3.8) is 0 Å². The van der Waals surface area contributed by atoms with E-state index in [4.69, 9.17) is 9.97 Å². The van der Waals surface area contributed by atoms with Crippen LogP contribution in [0.5, 0.6) is 0 Å². The van der Waals surface area contributed by atoms with Crippen LogP contribution in [0.2, 0.25) is 0 Å². The van der Waals surface area contributed by atoms with E-state index in [1.807, 2.05) is 35.7 Å². The maximum Gasteiger partial charge on any atom is 0.172 e. The lowest BCUT2D eigenvalue weighted by molar-refractivity contribution is 0.103. The van der Waals surface area contributed by atoms with Gasteiger partial charge in [-0.05, 0) is 35.9 Å². The molecule has 5 heteroatoms. The number of para-hydroxylation sites is 1. The lowest BCUT2D eigenvalue weighted by Crippen LogP contribution is -2.43. The number of aromatic nitrogens is 2. The Balaban J connectivity index is 1.84. The average Bonchev–Trinajstić information content (AvgIpc) is 3.11. The molecule has 4 rings (SSSR count). The first-order chi connectivity index (χ1) is 11.2. The van der Waals surface area contributed by atoms with Gasteiger partial charge in [-0.25, -0.2) is 9.97 Å². The highest BCUT2D eigenvalue weighted by Crippen LogP contribution is 2.31. The van der Waals surface area contributed by atoms with Gasteiger partial charge in [0.25, 0.3) is 0 Å². The third-order valence-corrected chi connectivity index (χ3v) is 5.41. The van der Waals surface area contributed by atoms with E-state index >= 15 is 0 Å². The number of aliphatic hydroxyl groups excluding tert-OH is 1. The quantitative estimate of drug-likeness (QED) is 0.782. The van der Waals surface area contributed by atoms with E-state index in [0.717, 1.165) is 40.4 Å². The Labute approximate surface area is 139 Å². The summed E-state index contributed by atoms with van der Waals surface area (Å²) < 4.78 is 0. The standard InChI is InChI=1S/C18H19N3OS/c1-12-8-9-21(11-15(12)22)18-13-5-2-3-6-14(13)19-17(20-18)16-7-4-10-23-16/h2-7,10,12,15,22H,8-9,11H2,1H3. The minimum Gasteiger partial charge on any atom is -0.391 e. The third kappa shape index (κ3) is 2.71. The summed E-state index contributed by atoms with van der Waals surface area (Å²) in [6.45, 7) is 3.66. The van der Waals surface area contributed by atoms with E-state index in [2.05, 4.69) is 17.9 Å². The molecule has 1 aliphatic heterocycles. The SMILES string of the molecule is CC1CCN(c2nc(-c3cccs3)nc3ccccc23)CC1O. The number of anilines is 1. The van der Waals surface area contributed by atoms with E-state index in [-0.39, 0.29) is 6.10 Å². The summed E-state index contributed by atoms with van der Waals surface area (Å²) in [5, 5.41) is 13.3. The molecule has 1 saturated heterocycles. The van der Waals surface area contributed by atoms with Gasteiger partial charge in [0, 0.05) is 18.5 Å². The molecule has 1 fully saturated rings. The monoisotopic (exact) mass is 325 g/mol. The molecule has 1 aliphatic rings. The first kappa shape index (κ1) is 14.6. The number of aliphatic hydroxyl groups is 1. The predicted molar refractivity (Wildman–Crippen MR) is 94.9 cm³/mol. The molecule has 1 N–H and O–H groups in total. The van der Waals surface area contributed by atoms with Crippen LogP contribution in [0.4, 0.5) is 5.82 Å². The number of piperidine rings is 1. The second kappa shape index (κ2) is 5.91. The summed E-state index contributed by atoms with van der Waals surface area (Å²) in [5.74, 6) is 2.04. The van der Waals surface area contributed by atoms with E-state index in [1.165, 1.54) is 0 Å². The van der Waals surface area contributed by atoms with Gasteiger partial charge in [-0.3, -0.25) is 0 Å². The van der Waals surface area contributed by atoms with Crippen LogP contribution in [0.3, 0.4) is 0 Å². The molecule has 1 aromatic carbocycles. The fourth-order valence-electron chi connectivity index (χ4n) is 3.06. The van der Waals surface area contributed by atoms with Gasteiger partial charge in [0.1, 0.15) is 5.82 Å². The molecular weight excluding hydrogens is 306 g/mol. The molecule has 0 radical (unpaired) electrons. The fraction of sp³-hybridized carbons (Fsp3) is 0.333. The smallest absolute Gasteiger partial charge is 0.172 e. The van der Waals surface area contributed by atoms with Crippen molar-refractivity contribution in [1.29, 1.82) is 0 Å². The molecule has 0 saturated carbocycles. The van der Waals surface area contributed by atoms with Gasteiger partial charge < -0.3 is 10.0 Å². The number of thiophene rings is 1. The number of benzene rings is 1. The van der Waals surface area contributed by atoms with Crippen molar-refractivity contribution in [2.75, 3.05) is 18.0 Å². The van der Waals surface area contributed by atoms with Crippen LogP contribution in [-0.2, 0) is 0 Å².